The Hall–Kier alpha value is -2.78. The van der Waals surface area contributed by atoms with Crippen molar-refractivity contribution in [3.63, 3.8) is 0 Å². The summed E-state index contributed by atoms with van der Waals surface area (Å²) in [6, 6.07) is 4.09. The summed E-state index contributed by atoms with van der Waals surface area (Å²) >= 11 is 1.32. The Morgan fingerprint density at radius 2 is 1.89 bits per heavy atom. The van der Waals surface area contributed by atoms with Crippen molar-refractivity contribution < 1.29 is 24.2 Å². The monoisotopic (exact) mass is 407 g/mol. The molecule has 1 rings (SSSR count). The number of benzene rings is 1. The molecule has 0 heterocycles. The Morgan fingerprint density at radius 3 is 2.46 bits per heavy atom. The van der Waals surface area contributed by atoms with Gasteiger partial charge in [-0.3, -0.25) is 9.59 Å². The minimum Gasteiger partial charge on any atom is -0.465 e. The van der Waals surface area contributed by atoms with E-state index >= 15 is 0 Å². The zero-order valence-corrected chi connectivity index (χ0v) is 17.0. The Bertz CT molecular complexity index is 788. The van der Waals surface area contributed by atoms with Crippen LogP contribution in [-0.4, -0.2) is 61.6 Å². The Kier molecular flexibility index (Phi) is 9.26. The van der Waals surface area contributed by atoms with Crippen LogP contribution in [0, 0.1) is 0 Å². The number of methoxy groups -OCH3 is 1. The predicted octanol–water partition coefficient (Wildman–Crippen LogP) is 1.33. The van der Waals surface area contributed by atoms with Gasteiger partial charge in [-0.1, -0.05) is 18.3 Å². The molecule has 0 aliphatic heterocycles. The van der Waals surface area contributed by atoms with Crippen molar-refractivity contribution in [2.75, 3.05) is 33.9 Å². The maximum absolute atomic E-state index is 12.8. The summed E-state index contributed by atoms with van der Waals surface area (Å²) in [5.74, 6) is -1.57. The molecule has 0 atom stereocenters. The highest BCUT2D eigenvalue weighted by Crippen LogP contribution is 2.19. The molecule has 0 fully saturated rings. The highest BCUT2D eigenvalue weighted by atomic mass is 32.2. The van der Waals surface area contributed by atoms with Gasteiger partial charge >= 0.3 is 5.97 Å². The smallest absolute Gasteiger partial charge is 0.337 e. The lowest BCUT2D eigenvalue weighted by Gasteiger charge is -2.19. The molecule has 0 aliphatic carbocycles. The number of carbonyl (C=O) groups excluding carboxylic acids is 3. The lowest BCUT2D eigenvalue weighted by molar-refractivity contribution is 0.0600. The molecule has 0 bridgehead atoms. The average molecular weight is 407 g/mol. The summed E-state index contributed by atoms with van der Waals surface area (Å²) in [5.41, 5.74) is 6.55. The lowest BCUT2D eigenvalue weighted by Crippen LogP contribution is -2.30. The molecule has 8 nitrogen and oxygen atoms in total. The SMILES string of the molecule is C=C(CN(C)C(=O)c1cc(C(=O)NCCO)cc(C(=O)OC)c1)S/C=C(/C)N. The molecular weight excluding hydrogens is 382 g/mol. The van der Waals surface area contributed by atoms with Gasteiger partial charge < -0.3 is 25.8 Å². The van der Waals surface area contributed by atoms with Gasteiger partial charge in [0.2, 0.25) is 0 Å². The number of hydrogen-bond acceptors (Lipinski definition) is 7. The van der Waals surface area contributed by atoms with E-state index in [2.05, 4.69) is 11.9 Å². The Morgan fingerprint density at radius 1 is 1.29 bits per heavy atom. The van der Waals surface area contributed by atoms with Crippen LogP contribution in [0.2, 0.25) is 0 Å². The molecule has 0 aromatic heterocycles. The summed E-state index contributed by atoms with van der Waals surface area (Å²) in [7, 11) is 2.80. The molecule has 28 heavy (non-hydrogen) atoms. The van der Waals surface area contributed by atoms with Gasteiger partial charge in [0, 0.05) is 35.3 Å². The van der Waals surface area contributed by atoms with Crippen LogP contribution in [0.3, 0.4) is 0 Å². The highest BCUT2D eigenvalue weighted by molar-refractivity contribution is 8.05. The molecule has 9 heteroatoms. The first-order valence-corrected chi connectivity index (χ1v) is 9.22. The number of likely N-dealkylation sites (N-methyl/N-ethyl adjacent to an activating group) is 1. The van der Waals surface area contributed by atoms with Gasteiger partial charge in [0.25, 0.3) is 11.8 Å². The molecule has 0 unspecified atom stereocenters. The minimum atomic E-state index is -0.669. The maximum atomic E-state index is 12.8. The number of esters is 1. The van der Waals surface area contributed by atoms with Crippen LogP contribution < -0.4 is 11.1 Å². The number of thioether (sulfide) groups is 1. The first-order valence-electron chi connectivity index (χ1n) is 8.34. The largest absolute Gasteiger partial charge is 0.465 e. The van der Waals surface area contributed by atoms with Crippen molar-refractivity contribution in [1.82, 2.24) is 10.2 Å². The standard InChI is InChI=1S/C19H25N3O5S/c1-12(20)11-28-13(2)10-22(3)18(25)15-7-14(17(24)21-5-6-23)8-16(9-15)19(26)27-4/h7-9,11,23H,2,5-6,10,20H2,1,3-4H3,(H,21,24)/b12-11-. The van der Waals surface area contributed by atoms with Crippen LogP contribution in [-0.2, 0) is 4.74 Å². The van der Waals surface area contributed by atoms with Crippen molar-refractivity contribution in [3.05, 3.63) is 57.5 Å². The second-order valence-corrected chi connectivity index (χ2v) is 7.00. The summed E-state index contributed by atoms with van der Waals surface area (Å²) in [6.45, 7) is 5.71. The molecule has 2 amide bonds. The van der Waals surface area contributed by atoms with Crippen LogP contribution in [0.15, 0.2) is 40.8 Å². The molecular formula is C19H25N3O5S. The van der Waals surface area contributed by atoms with Gasteiger partial charge in [-0.05, 0) is 30.5 Å². The van der Waals surface area contributed by atoms with E-state index in [1.54, 1.807) is 19.4 Å². The molecule has 0 saturated carbocycles. The minimum absolute atomic E-state index is 0.0512. The number of nitrogens with one attached hydrogen (secondary N) is 1. The molecule has 1 aromatic carbocycles. The maximum Gasteiger partial charge on any atom is 0.337 e. The molecule has 0 radical (unpaired) electrons. The topological polar surface area (TPSA) is 122 Å². The Labute approximate surface area is 168 Å². The van der Waals surface area contributed by atoms with Crippen LogP contribution in [0.1, 0.15) is 38.0 Å². The van der Waals surface area contributed by atoms with Crippen LogP contribution in [0.4, 0.5) is 0 Å². The molecule has 0 spiro atoms. The van der Waals surface area contributed by atoms with Gasteiger partial charge in [0.05, 0.1) is 25.8 Å². The molecule has 0 aliphatic rings. The number of aliphatic hydroxyl groups excluding tert-OH is 1. The van der Waals surface area contributed by atoms with E-state index in [1.165, 1.54) is 42.0 Å². The number of nitrogens with zero attached hydrogens (tertiary/aromatic N) is 1. The number of allylic oxidation sites excluding steroid dienone is 1. The van der Waals surface area contributed by atoms with E-state index in [4.69, 9.17) is 15.6 Å². The molecule has 0 saturated heterocycles. The molecule has 1 aromatic rings. The summed E-state index contributed by atoms with van der Waals surface area (Å²) in [5, 5.41) is 13.1. The summed E-state index contributed by atoms with van der Waals surface area (Å²) < 4.78 is 4.69. The van der Waals surface area contributed by atoms with Crippen molar-refractivity contribution in [2.45, 2.75) is 6.92 Å². The van der Waals surface area contributed by atoms with Gasteiger partial charge in [-0.25, -0.2) is 4.79 Å². The zero-order valence-electron chi connectivity index (χ0n) is 16.2. The quantitative estimate of drug-likeness (QED) is 0.528. The zero-order chi connectivity index (χ0) is 21.3. The first-order chi connectivity index (χ1) is 13.2. The van der Waals surface area contributed by atoms with Crippen molar-refractivity contribution in [3.8, 4) is 0 Å². The van der Waals surface area contributed by atoms with E-state index in [9.17, 15) is 14.4 Å². The third-order valence-corrected chi connectivity index (χ3v) is 4.38. The number of amides is 2. The summed E-state index contributed by atoms with van der Waals surface area (Å²) in [6.07, 6.45) is 0. The fraction of sp³-hybridized carbons (Fsp3) is 0.316. The highest BCUT2D eigenvalue weighted by Gasteiger charge is 2.19. The van der Waals surface area contributed by atoms with Crippen LogP contribution >= 0.6 is 11.8 Å². The van der Waals surface area contributed by atoms with E-state index in [0.29, 0.717) is 10.6 Å². The summed E-state index contributed by atoms with van der Waals surface area (Å²) in [4.78, 5) is 39.0. The fourth-order valence-electron chi connectivity index (χ4n) is 2.16. The number of nitrogens with two attached hydrogens (primary N) is 1. The molecule has 152 valence electrons. The third-order valence-electron chi connectivity index (χ3n) is 3.43. The molecule has 4 N–H and O–H groups in total. The predicted molar refractivity (Wildman–Crippen MR) is 109 cm³/mol. The van der Waals surface area contributed by atoms with Gasteiger partial charge in [0.1, 0.15) is 0 Å². The number of carbonyl (C=O) groups is 3. The number of aliphatic hydroxyl groups is 1. The fourth-order valence-corrected chi connectivity index (χ4v) is 2.78. The second-order valence-electron chi connectivity index (χ2n) is 5.95. The van der Waals surface area contributed by atoms with E-state index in [1.807, 2.05) is 0 Å². The van der Waals surface area contributed by atoms with E-state index in [0.717, 1.165) is 0 Å². The van der Waals surface area contributed by atoms with Crippen molar-refractivity contribution >= 4 is 29.5 Å². The lowest BCUT2D eigenvalue weighted by atomic mass is 10.0. The normalized spacial score (nSPS) is 10.9. The van der Waals surface area contributed by atoms with Gasteiger partial charge in [-0.15, -0.1) is 0 Å². The number of ether oxygens (including phenoxy) is 1. The van der Waals surface area contributed by atoms with Crippen molar-refractivity contribution in [1.29, 1.82) is 0 Å². The van der Waals surface area contributed by atoms with Crippen molar-refractivity contribution in [2.24, 2.45) is 5.73 Å². The van der Waals surface area contributed by atoms with Crippen LogP contribution in [0.25, 0.3) is 0 Å². The van der Waals surface area contributed by atoms with E-state index < -0.39 is 17.8 Å². The number of rotatable bonds is 9. The second kappa shape index (κ2) is 11.2. The number of hydrogen-bond donors (Lipinski definition) is 3. The Balaban J connectivity index is 3.10. The third kappa shape index (κ3) is 7.09. The van der Waals surface area contributed by atoms with Gasteiger partial charge in [0.15, 0.2) is 0 Å². The van der Waals surface area contributed by atoms with Crippen LogP contribution in [0.5, 0.6) is 0 Å². The first kappa shape index (κ1) is 23.3. The average Bonchev–Trinajstić information content (AvgIpc) is 2.68. The van der Waals surface area contributed by atoms with E-state index in [-0.39, 0.29) is 36.4 Å². The van der Waals surface area contributed by atoms with Gasteiger partial charge in [-0.2, -0.15) is 0 Å².